The minimum atomic E-state index is 0.379. The first-order chi connectivity index (χ1) is 11.2. The van der Waals surface area contributed by atoms with E-state index in [4.69, 9.17) is 0 Å². The van der Waals surface area contributed by atoms with Gasteiger partial charge in [0, 0.05) is 38.3 Å². The summed E-state index contributed by atoms with van der Waals surface area (Å²) in [5.74, 6) is 0.381. The van der Waals surface area contributed by atoms with E-state index in [0.717, 1.165) is 26.2 Å². The van der Waals surface area contributed by atoms with Crippen molar-refractivity contribution >= 4 is 0 Å². The molecule has 23 heavy (non-hydrogen) atoms. The maximum atomic E-state index is 9.92. The second-order valence-corrected chi connectivity index (χ2v) is 7.18. The van der Waals surface area contributed by atoms with Crippen LogP contribution >= 0.6 is 0 Å². The van der Waals surface area contributed by atoms with Gasteiger partial charge in [0.2, 0.25) is 0 Å². The van der Waals surface area contributed by atoms with Crippen LogP contribution in [-0.4, -0.2) is 60.2 Å². The first kappa shape index (κ1) is 16.7. The lowest BCUT2D eigenvalue weighted by Crippen LogP contribution is -2.52. The van der Waals surface area contributed by atoms with Crippen LogP contribution in [0.3, 0.4) is 0 Å². The monoisotopic (exact) mass is 317 g/mol. The Morgan fingerprint density at radius 3 is 2.65 bits per heavy atom. The predicted molar refractivity (Wildman–Crippen MR) is 94.8 cm³/mol. The van der Waals surface area contributed by atoms with Gasteiger partial charge in [-0.2, -0.15) is 0 Å². The number of nitrogens with zero attached hydrogens (tertiary/aromatic N) is 2. The van der Waals surface area contributed by atoms with Crippen LogP contribution in [0.4, 0.5) is 0 Å². The Bertz CT molecular complexity index is 485. The lowest BCUT2D eigenvalue weighted by atomic mass is 10.0. The van der Waals surface area contributed by atoms with E-state index < -0.39 is 0 Å². The van der Waals surface area contributed by atoms with Gasteiger partial charge in [-0.3, -0.25) is 4.90 Å². The van der Waals surface area contributed by atoms with Crippen LogP contribution < -0.4 is 5.32 Å². The average molecular weight is 317 g/mol. The highest BCUT2D eigenvalue weighted by Gasteiger charge is 2.27. The maximum Gasteiger partial charge on any atom is 0.115 e. The van der Waals surface area contributed by atoms with E-state index in [0.29, 0.717) is 17.8 Å². The third-order valence-corrected chi connectivity index (χ3v) is 5.23. The molecule has 2 atom stereocenters. The standard InChI is InChI=1S/C19H31N3O/c1-16-14-22(12-9-20-16)19(17-7-6-8-18(23)13-17)15-21-10-4-2-3-5-11-21/h6-8,13,16,19-20,23H,2-5,9-12,14-15H2,1H3. The summed E-state index contributed by atoms with van der Waals surface area (Å²) in [6.45, 7) is 8.99. The normalized spacial score (nSPS) is 25.9. The van der Waals surface area contributed by atoms with Crippen molar-refractivity contribution in [2.45, 2.75) is 44.7 Å². The molecule has 0 aliphatic carbocycles. The second kappa shape index (κ2) is 8.13. The molecular weight excluding hydrogens is 286 g/mol. The first-order valence-corrected chi connectivity index (χ1v) is 9.21. The zero-order valence-corrected chi connectivity index (χ0v) is 14.4. The summed E-state index contributed by atoms with van der Waals surface area (Å²) >= 11 is 0. The predicted octanol–water partition coefficient (Wildman–Crippen LogP) is 2.60. The second-order valence-electron chi connectivity index (χ2n) is 7.18. The zero-order valence-electron chi connectivity index (χ0n) is 14.4. The fourth-order valence-electron chi connectivity index (χ4n) is 3.97. The summed E-state index contributed by atoms with van der Waals surface area (Å²) in [6, 6.07) is 8.79. The van der Waals surface area contributed by atoms with Crippen molar-refractivity contribution in [2.24, 2.45) is 0 Å². The molecule has 0 bridgehead atoms. The molecule has 1 aromatic rings. The van der Waals surface area contributed by atoms with E-state index >= 15 is 0 Å². The third-order valence-electron chi connectivity index (χ3n) is 5.23. The smallest absolute Gasteiger partial charge is 0.115 e. The highest BCUT2D eigenvalue weighted by atomic mass is 16.3. The van der Waals surface area contributed by atoms with Crippen molar-refractivity contribution in [3.05, 3.63) is 29.8 Å². The number of hydrogen-bond acceptors (Lipinski definition) is 4. The van der Waals surface area contributed by atoms with E-state index in [9.17, 15) is 5.11 Å². The molecule has 2 fully saturated rings. The Morgan fingerprint density at radius 1 is 1.17 bits per heavy atom. The molecule has 0 radical (unpaired) electrons. The van der Waals surface area contributed by atoms with Crippen LogP contribution in [0, 0.1) is 0 Å². The largest absolute Gasteiger partial charge is 0.508 e. The van der Waals surface area contributed by atoms with Crippen LogP contribution in [0.25, 0.3) is 0 Å². The molecule has 4 nitrogen and oxygen atoms in total. The third kappa shape index (κ3) is 4.69. The number of hydrogen-bond donors (Lipinski definition) is 2. The molecule has 2 N–H and O–H groups in total. The van der Waals surface area contributed by atoms with E-state index in [1.165, 1.54) is 44.3 Å². The highest BCUT2D eigenvalue weighted by Crippen LogP contribution is 2.27. The lowest BCUT2D eigenvalue weighted by Gasteiger charge is -2.40. The number of aromatic hydroxyl groups is 1. The van der Waals surface area contributed by atoms with Crippen LogP contribution in [-0.2, 0) is 0 Å². The maximum absolute atomic E-state index is 9.92. The Morgan fingerprint density at radius 2 is 1.96 bits per heavy atom. The molecule has 0 saturated carbocycles. The van der Waals surface area contributed by atoms with Crippen molar-refractivity contribution in [3.8, 4) is 5.75 Å². The van der Waals surface area contributed by atoms with Gasteiger partial charge >= 0.3 is 0 Å². The Balaban J connectivity index is 1.77. The van der Waals surface area contributed by atoms with Crippen molar-refractivity contribution in [1.29, 1.82) is 0 Å². The quantitative estimate of drug-likeness (QED) is 0.895. The van der Waals surface area contributed by atoms with Crippen LogP contribution in [0.2, 0.25) is 0 Å². The summed E-state index contributed by atoms with van der Waals surface area (Å²) in [7, 11) is 0. The SMILES string of the molecule is CC1CN(C(CN2CCCCCC2)c2cccc(O)c2)CCN1. The van der Waals surface area contributed by atoms with Crippen molar-refractivity contribution < 1.29 is 5.11 Å². The number of phenols is 1. The van der Waals surface area contributed by atoms with E-state index in [1.807, 2.05) is 12.1 Å². The van der Waals surface area contributed by atoms with Gasteiger partial charge in [0.05, 0.1) is 0 Å². The van der Waals surface area contributed by atoms with Gasteiger partial charge in [-0.1, -0.05) is 25.0 Å². The molecule has 0 amide bonds. The molecule has 3 rings (SSSR count). The molecule has 2 saturated heterocycles. The van der Waals surface area contributed by atoms with Crippen LogP contribution in [0.1, 0.15) is 44.2 Å². The number of nitrogens with one attached hydrogen (secondary N) is 1. The summed E-state index contributed by atoms with van der Waals surface area (Å²) in [5.41, 5.74) is 1.25. The topological polar surface area (TPSA) is 38.7 Å². The highest BCUT2D eigenvalue weighted by molar-refractivity contribution is 5.30. The zero-order chi connectivity index (χ0) is 16.1. The number of rotatable bonds is 4. The molecule has 0 aromatic heterocycles. The van der Waals surface area contributed by atoms with Gasteiger partial charge in [-0.15, -0.1) is 0 Å². The molecule has 2 aliphatic rings. The van der Waals surface area contributed by atoms with Gasteiger partial charge in [0.15, 0.2) is 0 Å². The molecular formula is C19H31N3O. The molecule has 2 heterocycles. The number of piperazine rings is 1. The number of phenolic OH excluding ortho intramolecular Hbond substituents is 1. The van der Waals surface area contributed by atoms with E-state index in [2.05, 4.69) is 28.1 Å². The van der Waals surface area contributed by atoms with Gasteiger partial charge < -0.3 is 15.3 Å². The minimum absolute atomic E-state index is 0.379. The Hall–Kier alpha value is -1.10. The van der Waals surface area contributed by atoms with Crippen LogP contribution in [0.5, 0.6) is 5.75 Å². The first-order valence-electron chi connectivity index (χ1n) is 9.21. The number of likely N-dealkylation sites (tertiary alicyclic amines) is 1. The lowest BCUT2D eigenvalue weighted by molar-refractivity contribution is 0.110. The molecule has 2 unspecified atom stereocenters. The fourth-order valence-corrected chi connectivity index (χ4v) is 3.97. The van der Waals surface area contributed by atoms with Crippen molar-refractivity contribution in [1.82, 2.24) is 15.1 Å². The Labute approximate surface area is 140 Å². The summed E-state index contributed by atoms with van der Waals surface area (Å²) in [4.78, 5) is 5.23. The molecule has 128 valence electrons. The molecule has 1 aromatic carbocycles. The van der Waals surface area contributed by atoms with Crippen LogP contribution in [0.15, 0.2) is 24.3 Å². The van der Waals surface area contributed by atoms with Crippen molar-refractivity contribution in [3.63, 3.8) is 0 Å². The van der Waals surface area contributed by atoms with E-state index in [-0.39, 0.29) is 0 Å². The Kier molecular flexibility index (Phi) is 5.92. The van der Waals surface area contributed by atoms with Gasteiger partial charge in [-0.25, -0.2) is 0 Å². The summed E-state index contributed by atoms with van der Waals surface area (Å²) in [6.07, 6.45) is 5.39. The van der Waals surface area contributed by atoms with Gasteiger partial charge in [-0.05, 0) is 50.6 Å². The average Bonchev–Trinajstić information content (AvgIpc) is 2.81. The molecule has 2 aliphatic heterocycles. The van der Waals surface area contributed by atoms with Gasteiger partial charge in [0.25, 0.3) is 0 Å². The molecule has 4 heteroatoms. The fraction of sp³-hybridized carbons (Fsp3) is 0.684. The molecule has 0 spiro atoms. The minimum Gasteiger partial charge on any atom is -0.508 e. The summed E-state index contributed by atoms with van der Waals surface area (Å²) in [5, 5.41) is 13.5. The van der Waals surface area contributed by atoms with Crippen molar-refractivity contribution in [2.75, 3.05) is 39.3 Å². The van der Waals surface area contributed by atoms with E-state index in [1.54, 1.807) is 6.07 Å². The number of benzene rings is 1. The summed E-state index contributed by atoms with van der Waals surface area (Å²) < 4.78 is 0. The van der Waals surface area contributed by atoms with Gasteiger partial charge in [0.1, 0.15) is 5.75 Å².